The van der Waals surface area contributed by atoms with Gasteiger partial charge in [0, 0.05) is 6.04 Å². The van der Waals surface area contributed by atoms with Gasteiger partial charge >= 0.3 is 5.97 Å². The molecule has 0 amide bonds. The Hall–Kier alpha value is -2.56. The molecule has 20 heavy (non-hydrogen) atoms. The third-order valence-corrected chi connectivity index (χ3v) is 3.00. The normalized spacial score (nSPS) is 11.7. The Kier molecular flexibility index (Phi) is 4.20. The molecule has 0 saturated carbocycles. The standard InChI is InChI=1S/C15H17N3O2/c1-10(11-6-4-3-5-7-11)18-14-8-12(15(19)20-2)13(16)9-17-14/h3-10H,16H2,1-2H3,(H,17,18). The van der Waals surface area contributed by atoms with Crippen molar-refractivity contribution < 1.29 is 9.53 Å². The van der Waals surface area contributed by atoms with E-state index in [1.165, 1.54) is 13.3 Å². The first-order valence-corrected chi connectivity index (χ1v) is 6.27. The van der Waals surface area contributed by atoms with E-state index >= 15 is 0 Å². The molecule has 0 fully saturated rings. The minimum Gasteiger partial charge on any atom is -0.465 e. The Labute approximate surface area is 117 Å². The summed E-state index contributed by atoms with van der Waals surface area (Å²) in [6.45, 7) is 2.02. The van der Waals surface area contributed by atoms with Gasteiger partial charge in [-0.2, -0.15) is 0 Å². The summed E-state index contributed by atoms with van der Waals surface area (Å²) in [6, 6.07) is 11.6. The molecule has 2 aromatic rings. The van der Waals surface area contributed by atoms with Crippen molar-refractivity contribution in [1.82, 2.24) is 4.98 Å². The van der Waals surface area contributed by atoms with Gasteiger partial charge in [0.05, 0.1) is 24.6 Å². The number of hydrogen-bond acceptors (Lipinski definition) is 5. The number of nitrogens with two attached hydrogens (primary N) is 1. The van der Waals surface area contributed by atoms with Gasteiger partial charge in [-0.3, -0.25) is 0 Å². The summed E-state index contributed by atoms with van der Waals surface area (Å²) in [7, 11) is 1.32. The van der Waals surface area contributed by atoms with E-state index in [1.807, 2.05) is 37.3 Å². The van der Waals surface area contributed by atoms with Crippen LogP contribution in [0.15, 0.2) is 42.6 Å². The number of carbonyl (C=O) groups is 1. The molecule has 5 nitrogen and oxygen atoms in total. The smallest absolute Gasteiger partial charge is 0.340 e. The van der Waals surface area contributed by atoms with Gasteiger partial charge in [0.25, 0.3) is 0 Å². The van der Waals surface area contributed by atoms with Crippen molar-refractivity contribution in [1.29, 1.82) is 0 Å². The third-order valence-electron chi connectivity index (χ3n) is 3.00. The molecule has 1 aromatic heterocycles. The summed E-state index contributed by atoms with van der Waals surface area (Å²) in [5.74, 6) is 0.108. The zero-order valence-corrected chi connectivity index (χ0v) is 11.5. The van der Waals surface area contributed by atoms with E-state index in [9.17, 15) is 4.79 Å². The van der Waals surface area contributed by atoms with E-state index in [1.54, 1.807) is 6.07 Å². The van der Waals surface area contributed by atoms with Gasteiger partial charge in [-0.25, -0.2) is 9.78 Å². The number of nitrogens with one attached hydrogen (secondary N) is 1. The van der Waals surface area contributed by atoms with Crippen molar-refractivity contribution in [2.75, 3.05) is 18.2 Å². The molecular formula is C15H17N3O2. The SMILES string of the molecule is COC(=O)c1cc(NC(C)c2ccccc2)ncc1N. The molecule has 1 heterocycles. The molecule has 0 radical (unpaired) electrons. The van der Waals surface area contributed by atoms with Crippen LogP contribution >= 0.6 is 0 Å². The summed E-state index contributed by atoms with van der Waals surface area (Å²) < 4.78 is 4.69. The first kappa shape index (κ1) is 13.9. The summed E-state index contributed by atoms with van der Waals surface area (Å²) >= 11 is 0. The number of rotatable bonds is 4. The molecule has 104 valence electrons. The van der Waals surface area contributed by atoms with E-state index in [-0.39, 0.29) is 6.04 Å². The van der Waals surface area contributed by atoms with Crippen molar-refractivity contribution in [3.05, 3.63) is 53.7 Å². The minimum atomic E-state index is -0.472. The molecule has 0 bridgehead atoms. The van der Waals surface area contributed by atoms with Crippen LogP contribution in [0, 0.1) is 0 Å². The first-order valence-electron chi connectivity index (χ1n) is 6.27. The Bertz CT molecular complexity index is 599. The van der Waals surface area contributed by atoms with E-state index < -0.39 is 5.97 Å². The summed E-state index contributed by atoms with van der Waals surface area (Å²) in [5, 5.41) is 3.23. The van der Waals surface area contributed by atoms with E-state index in [2.05, 4.69) is 15.0 Å². The summed E-state index contributed by atoms with van der Waals surface area (Å²) in [5.41, 5.74) is 7.46. The number of methoxy groups -OCH3 is 1. The van der Waals surface area contributed by atoms with Crippen LogP contribution in [0.1, 0.15) is 28.9 Å². The average Bonchev–Trinajstić information content (AvgIpc) is 2.49. The predicted molar refractivity (Wildman–Crippen MR) is 78.5 cm³/mol. The second kappa shape index (κ2) is 6.06. The van der Waals surface area contributed by atoms with Crippen LogP contribution in [0.5, 0.6) is 0 Å². The topological polar surface area (TPSA) is 77.2 Å². The highest BCUT2D eigenvalue weighted by molar-refractivity contribution is 5.95. The number of carbonyl (C=O) groups excluding carboxylic acids is 1. The number of pyridine rings is 1. The molecule has 0 aliphatic heterocycles. The molecule has 3 N–H and O–H groups in total. The average molecular weight is 271 g/mol. The molecule has 1 atom stereocenters. The number of hydrogen-bond donors (Lipinski definition) is 2. The Morgan fingerprint density at radius 3 is 2.70 bits per heavy atom. The number of nitrogens with zero attached hydrogens (tertiary/aromatic N) is 1. The third kappa shape index (κ3) is 3.06. The Balaban J connectivity index is 2.20. The maximum atomic E-state index is 11.6. The van der Waals surface area contributed by atoms with Gasteiger partial charge in [-0.1, -0.05) is 30.3 Å². The van der Waals surface area contributed by atoms with Crippen LogP contribution in [0.25, 0.3) is 0 Å². The molecule has 0 saturated heterocycles. The van der Waals surface area contributed by atoms with Gasteiger partial charge < -0.3 is 15.8 Å². The van der Waals surface area contributed by atoms with Gasteiger partial charge in [-0.15, -0.1) is 0 Å². The minimum absolute atomic E-state index is 0.0674. The van der Waals surface area contributed by atoms with Gasteiger partial charge in [0.2, 0.25) is 0 Å². The van der Waals surface area contributed by atoms with Crippen LogP contribution in [0.3, 0.4) is 0 Å². The van der Waals surface area contributed by atoms with Crippen molar-refractivity contribution >= 4 is 17.5 Å². The highest BCUT2D eigenvalue weighted by Crippen LogP contribution is 2.21. The highest BCUT2D eigenvalue weighted by Gasteiger charge is 2.13. The first-order chi connectivity index (χ1) is 9.61. The lowest BCUT2D eigenvalue weighted by atomic mass is 10.1. The van der Waals surface area contributed by atoms with Crippen LogP contribution in [0.4, 0.5) is 11.5 Å². The molecule has 1 aromatic carbocycles. The Morgan fingerprint density at radius 1 is 1.35 bits per heavy atom. The lowest BCUT2D eigenvalue weighted by Crippen LogP contribution is -2.11. The number of aromatic nitrogens is 1. The second-order valence-corrected chi connectivity index (χ2v) is 4.43. The zero-order chi connectivity index (χ0) is 14.5. The van der Waals surface area contributed by atoms with Gasteiger partial charge in [0.15, 0.2) is 0 Å². The van der Waals surface area contributed by atoms with Crippen molar-refractivity contribution in [2.45, 2.75) is 13.0 Å². The van der Waals surface area contributed by atoms with E-state index in [0.717, 1.165) is 5.56 Å². The maximum absolute atomic E-state index is 11.6. The Morgan fingerprint density at radius 2 is 2.05 bits per heavy atom. The fourth-order valence-electron chi connectivity index (χ4n) is 1.88. The molecular weight excluding hydrogens is 254 g/mol. The quantitative estimate of drug-likeness (QED) is 0.836. The molecule has 0 aliphatic rings. The van der Waals surface area contributed by atoms with Gasteiger partial charge in [-0.05, 0) is 18.6 Å². The molecule has 1 unspecified atom stereocenters. The second-order valence-electron chi connectivity index (χ2n) is 4.43. The van der Waals surface area contributed by atoms with Gasteiger partial charge in [0.1, 0.15) is 5.82 Å². The van der Waals surface area contributed by atoms with Crippen molar-refractivity contribution in [2.24, 2.45) is 0 Å². The monoisotopic (exact) mass is 271 g/mol. The van der Waals surface area contributed by atoms with Crippen molar-refractivity contribution in [3.8, 4) is 0 Å². The lowest BCUT2D eigenvalue weighted by molar-refractivity contribution is 0.0602. The molecule has 0 spiro atoms. The fraction of sp³-hybridized carbons (Fsp3) is 0.200. The highest BCUT2D eigenvalue weighted by atomic mass is 16.5. The molecule has 5 heteroatoms. The molecule has 0 aliphatic carbocycles. The van der Waals surface area contributed by atoms with Crippen LogP contribution in [-0.4, -0.2) is 18.1 Å². The number of anilines is 2. The van der Waals surface area contributed by atoms with Crippen LogP contribution < -0.4 is 11.1 Å². The number of esters is 1. The van der Waals surface area contributed by atoms with Crippen LogP contribution in [-0.2, 0) is 4.74 Å². The zero-order valence-electron chi connectivity index (χ0n) is 11.5. The maximum Gasteiger partial charge on any atom is 0.340 e. The van der Waals surface area contributed by atoms with Crippen molar-refractivity contribution in [3.63, 3.8) is 0 Å². The number of benzene rings is 1. The number of nitrogen functional groups attached to an aromatic ring is 1. The molecule has 2 rings (SSSR count). The number of ether oxygens (including phenoxy) is 1. The van der Waals surface area contributed by atoms with Crippen LogP contribution in [0.2, 0.25) is 0 Å². The predicted octanol–water partition coefficient (Wildman–Crippen LogP) is 2.62. The van der Waals surface area contributed by atoms with E-state index in [4.69, 9.17) is 5.73 Å². The largest absolute Gasteiger partial charge is 0.465 e. The lowest BCUT2D eigenvalue weighted by Gasteiger charge is -2.15. The fourth-order valence-corrected chi connectivity index (χ4v) is 1.88. The summed E-state index contributed by atoms with van der Waals surface area (Å²) in [6.07, 6.45) is 1.45. The van der Waals surface area contributed by atoms with E-state index in [0.29, 0.717) is 17.1 Å². The summed E-state index contributed by atoms with van der Waals surface area (Å²) in [4.78, 5) is 15.8.